The molecule has 8 nitrogen and oxygen atoms in total. The van der Waals surface area contributed by atoms with Crippen LogP contribution in [0.25, 0.3) is 5.65 Å². The molecule has 0 radical (unpaired) electrons. The number of hydrogen-bond acceptors (Lipinski definition) is 5. The van der Waals surface area contributed by atoms with Gasteiger partial charge in [-0.3, -0.25) is 9.59 Å². The fraction of sp³-hybridized carbons (Fsp3) is 0.476. The third-order valence-electron chi connectivity index (χ3n) is 5.70. The van der Waals surface area contributed by atoms with Gasteiger partial charge in [-0.15, -0.1) is 0 Å². The van der Waals surface area contributed by atoms with Crippen molar-refractivity contribution in [3.05, 3.63) is 57.4 Å². The van der Waals surface area contributed by atoms with Crippen LogP contribution >= 0.6 is 0 Å². The van der Waals surface area contributed by atoms with Gasteiger partial charge in [-0.25, -0.2) is 14.2 Å². The number of halogens is 3. The molecule has 4 rings (SSSR count). The number of aromatic nitrogens is 5. The fourth-order valence-corrected chi connectivity index (χ4v) is 3.94. The largest absolute Gasteiger partial charge is 0.433 e. The molecular formula is C21H23F3N6O2. The molecule has 0 spiro atoms. The molecule has 0 atom stereocenters. The molecule has 1 amide bonds. The standard InChI is InChI=1S/C21H23F3N6O2/c1-3-15-10-17(21(22,23)24)30-18(25-15)11-16(27-30)14-6-8-28(9-7-14)20(32)12-29-19(31)5-4-13(2)26-29/h4-5,10-11,14H,3,6-9,12H2,1-2H3. The van der Waals surface area contributed by atoms with E-state index < -0.39 is 11.9 Å². The van der Waals surface area contributed by atoms with Crippen LogP contribution < -0.4 is 5.56 Å². The smallest absolute Gasteiger partial charge is 0.341 e. The molecule has 3 aromatic rings. The first-order valence-corrected chi connectivity index (χ1v) is 10.4. The maximum Gasteiger partial charge on any atom is 0.433 e. The van der Waals surface area contributed by atoms with Crippen molar-refractivity contribution in [2.75, 3.05) is 13.1 Å². The Bertz CT molecular complexity index is 1210. The zero-order chi connectivity index (χ0) is 23.0. The highest BCUT2D eigenvalue weighted by Crippen LogP contribution is 2.32. The Morgan fingerprint density at radius 1 is 1.16 bits per heavy atom. The van der Waals surface area contributed by atoms with Crippen LogP contribution in [-0.4, -0.2) is 48.3 Å². The Hall–Kier alpha value is -3.24. The predicted octanol–water partition coefficient (Wildman–Crippen LogP) is 2.58. The number of carbonyl (C=O) groups is 1. The first-order chi connectivity index (χ1) is 15.2. The minimum absolute atomic E-state index is 0.0771. The molecule has 32 heavy (non-hydrogen) atoms. The Kier molecular flexibility index (Phi) is 5.74. The van der Waals surface area contributed by atoms with Crippen molar-refractivity contribution in [2.24, 2.45) is 0 Å². The average molecular weight is 448 g/mol. The maximum atomic E-state index is 13.5. The topological polar surface area (TPSA) is 85.4 Å². The van der Waals surface area contributed by atoms with Gasteiger partial charge < -0.3 is 4.90 Å². The van der Waals surface area contributed by atoms with Crippen LogP contribution in [0.4, 0.5) is 13.2 Å². The number of piperidine rings is 1. The molecule has 0 saturated carbocycles. The van der Waals surface area contributed by atoms with E-state index in [1.807, 2.05) is 0 Å². The van der Waals surface area contributed by atoms with E-state index in [1.165, 1.54) is 6.07 Å². The van der Waals surface area contributed by atoms with Crippen molar-refractivity contribution >= 4 is 11.6 Å². The van der Waals surface area contributed by atoms with Crippen molar-refractivity contribution in [3.63, 3.8) is 0 Å². The first kappa shape index (κ1) is 22.0. The van der Waals surface area contributed by atoms with E-state index in [0.29, 0.717) is 49.4 Å². The highest BCUT2D eigenvalue weighted by Gasteiger charge is 2.35. The summed E-state index contributed by atoms with van der Waals surface area (Å²) >= 11 is 0. The molecule has 4 heterocycles. The highest BCUT2D eigenvalue weighted by atomic mass is 19.4. The second kappa shape index (κ2) is 8.36. The number of alkyl halides is 3. The van der Waals surface area contributed by atoms with Gasteiger partial charge in [0.25, 0.3) is 5.56 Å². The van der Waals surface area contributed by atoms with Crippen LogP contribution in [0.2, 0.25) is 0 Å². The van der Waals surface area contributed by atoms with E-state index >= 15 is 0 Å². The van der Waals surface area contributed by atoms with Crippen LogP contribution in [0.15, 0.2) is 29.1 Å². The molecule has 0 N–H and O–H groups in total. The summed E-state index contributed by atoms with van der Waals surface area (Å²) in [6.07, 6.45) is -3.02. The molecule has 0 aromatic carbocycles. The molecule has 1 aliphatic heterocycles. The third kappa shape index (κ3) is 4.37. The van der Waals surface area contributed by atoms with Crippen molar-refractivity contribution < 1.29 is 18.0 Å². The Labute approximate surface area is 181 Å². The lowest BCUT2D eigenvalue weighted by molar-refractivity contribution is -0.142. The fourth-order valence-electron chi connectivity index (χ4n) is 3.94. The van der Waals surface area contributed by atoms with Gasteiger partial charge >= 0.3 is 6.18 Å². The van der Waals surface area contributed by atoms with Gasteiger partial charge in [-0.1, -0.05) is 6.92 Å². The molecule has 1 aliphatic rings. The summed E-state index contributed by atoms with van der Waals surface area (Å²) in [5, 5.41) is 8.29. The molecular weight excluding hydrogens is 425 g/mol. The Morgan fingerprint density at radius 3 is 2.53 bits per heavy atom. The second-order valence-electron chi connectivity index (χ2n) is 7.95. The lowest BCUT2D eigenvalue weighted by atomic mass is 9.93. The summed E-state index contributed by atoms with van der Waals surface area (Å²) < 4.78 is 42.5. The lowest BCUT2D eigenvalue weighted by Crippen LogP contribution is -2.41. The predicted molar refractivity (Wildman–Crippen MR) is 109 cm³/mol. The van der Waals surface area contributed by atoms with Gasteiger partial charge in [0, 0.05) is 36.8 Å². The summed E-state index contributed by atoms with van der Waals surface area (Å²) in [4.78, 5) is 30.4. The van der Waals surface area contributed by atoms with Gasteiger partial charge in [0.1, 0.15) is 12.2 Å². The molecule has 0 bridgehead atoms. The number of carbonyl (C=O) groups excluding carboxylic acids is 1. The van der Waals surface area contributed by atoms with E-state index in [0.717, 1.165) is 15.3 Å². The van der Waals surface area contributed by atoms with Gasteiger partial charge in [0.15, 0.2) is 5.65 Å². The Balaban J connectivity index is 1.49. The quantitative estimate of drug-likeness (QED) is 0.613. The highest BCUT2D eigenvalue weighted by molar-refractivity contribution is 5.76. The molecule has 11 heteroatoms. The SMILES string of the molecule is CCc1cc(C(F)(F)F)n2nc(C3CCN(C(=O)Cn4nc(C)ccc4=O)CC3)cc2n1. The summed E-state index contributed by atoms with van der Waals surface area (Å²) in [5.41, 5.74) is 0.532. The van der Waals surface area contributed by atoms with Gasteiger partial charge in [0.05, 0.1) is 11.4 Å². The molecule has 3 aromatic heterocycles. The van der Waals surface area contributed by atoms with Crippen molar-refractivity contribution in [3.8, 4) is 0 Å². The molecule has 170 valence electrons. The van der Waals surface area contributed by atoms with E-state index in [-0.39, 0.29) is 29.6 Å². The maximum absolute atomic E-state index is 13.5. The van der Waals surface area contributed by atoms with Crippen molar-refractivity contribution in [1.29, 1.82) is 0 Å². The van der Waals surface area contributed by atoms with Crippen LogP contribution in [-0.2, 0) is 23.9 Å². The third-order valence-corrected chi connectivity index (χ3v) is 5.70. The van der Waals surface area contributed by atoms with Gasteiger partial charge in [-0.2, -0.15) is 23.4 Å². The van der Waals surface area contributed by atoms with Crippen molar-refractivity contribution in [2.45, 2.75) is 51.7 Å². The van der Waals surface area contributed by atoms with Crippen LogP contribution in [0, 0.1) is 6.92 Å². The van der Waals surface area contributed by atoms with E-state index in [4.69, 9.17) is 0 Å². The van der Waals surface area contributed by atoms with E-state index in [1.54, 1.807) is 30.9 Å². The van der Waals surface area contributed by atoms with E-state index in [2.05, 4.69) is 15.2 Å². The minimum atomic E-state index is -4.54. The lowest BCUT2D eigenvalue weighted by Gasteiger charge is -2.31. The summed E-state index contributed by atoms with van der Waals surface area (Å²) in [7, 11) is 0. The molecule has 1 fully saturated rings. The number of rotatable bonds is 4. The zero-order valence-electron chi connectivity index (χ0n) is 17.8. The summed E-state index contributed by atoms with van der Waals surface area (Å²) in [5.74, 6) is -0.293. The average Bonchev–Trinajstić information content (AvgIpc) is 3.19. The first-order valence-electron chi connectivity index (χ1n) is 10.4. The molecule has 0 aliphatic carbocycles. The number of fused-ring (bicyclic) bond motifs is 1. The summed E-state index contributed by atoms with van der Waals surface area (Å²) in [6.45, 7) is 4.21. The van der Waals surface area contributed by atoms with Crippen LogP contribution in [0.5, 0.6) is 0 Å². The zero-order valence-corrected chi connectivity index (χ0v) is 17.8. The minimum Gasteiger partial charge on any atom is -0.341 e. The number of hydrogen-bond donors (Lipinski definition) is 0. The summed E-state index contributed by atoms with van der Waals surface area (Å²) in [6, 6.07) is 5.60. The van der Waals surface area contributed by atoms with Gasteiger partial charge in [0.2, 0.25) is 5.91 Å². The molecule has 0 unspecified atom stereocenters. The normalized spacial score (nSPS) is 15.5. The number of aryl methyl sites for hydroxylation is 2. The molecule has 1 saturated heterocycles. The number of likely N-dealkylation sites (tertiary alicyclic amines) is 1. The Morgan fingerprint density at radius 2 is 1.88 bits per heavy atom. The van der Waals surface area contributed by atoms with Crippen molar-refractivity contribution in [1.82, 2.24) is 29.3 Å². The number of nitrogens with zero attached hydrogens (tertiary/aromatic N) is 6. The van der Waals surface area contributed by atoms with Crippen LogP contribution in [0.3, 0.4) is 0 Å². The monoisotopic (exact) mass is 448 g/mol. The van der Waals surface area contributed by atoms with Crippen LogP contribution in [0.1, 0.15) is 48.5 Å². The number of amides is 1. The second-order valence-corrected chi connectivity index (χ2v) is 7.95. The van der Waals surface area contributed by atoms with E-state index in [9.17, 15) is 22.8 Å². The van der Waals surface area contributed by atoms with Gasteiger partial charge in [-0.05, 0) is 38.3 Å².